The Morgan fingerprint density at radius 2 is 1.97 bits per heavy atom. The molecule has 4 aromatic rings. The van der Waals surface area contributed by atoms with E-state index in [1.807, 2.05) is 24.3 Å². The molecule has 2 atom stereocenters. The Hall–Kier alpha value is -4.18. The van der Waals surface area contributed by atoms with Crippen LogP contribution in [0.1, 0.15) is 23.7 Å². The molecule has 9 nitrogen and oxygen atoms in total. The van der Waals surface area contributed by atoms with Gasteiger partial charge in [0.1, 0.15) is 29.7 Å². The number of carbonyl (C=O) groups is 3. The summed E-state index contributed by atoms with van der Waals surface area (Å²) in [6.07, 6.45) is 3.37. The van der Waals surface area contributed by atoms with Crippen LogP contribution < -0.4 is 5.32 Å². The molecule has 0 saturated carbocycles. The van der Waals surface area contributed by atoms with E-state index in [1.54, 1.807) is 41.4 Å². The highest BCUT2D eigenvalue weighted by Crippen LogP contribution is 2.29. The summed E-state index contributed by atoms with van der Waals surface area (Å²) in [5, 5.41) is 11.2. The number of amides is 2. The molecule has 1 fully saturated rings. The highest BCUT2D eigenvalue weighted by atomic mass is 35.5. The molecule has 5 rings (SSSR count). The van der Waals surface area contributed by atoms with Gasteiger partial charge in [-0.25, -0.2) is 9.37 Å². The zero-order chi connectivity index (χ0) is 26.1. The number of halogens is 2. The number of rotatable bonds is 6. The van der Waals surface area contributed by atoms with E-state index in [1.165, 1.54) is 11.8 Å². The van der Waals surface area contributed by atoms with Crippen LogP contribution >= 0.6 is 11.6 Å². The molecule has 0 unspecified atom stereocenters. The largest absolute Gasteiger partial charge is 0.337 e. The van der Waals surface area contributed by atoms with Crippen LogP contribution in [0.25, 0.3) is 22.0 Å². The summed E-state index contributed by atoms with van der Waals surface area (Å²) < 4.78 is 16.0. The lowest BCUT2D eigenvalue weighted by Crippen LogP contribution is -2.44. The van der Waals surface area contributed by atoms with Gasteiger partial charge in [-0.2, -0.15) is 10.2 Å². The molecule has 188 valence electrons. The maximum Gasteiger partial charge on any atom is 0.248 e. The number of carbonyl (C=O) groups excluding carboxylic acids is 3. The van der Waals surface area contributed by atoms with Crippen molar-refractivity contribution in [3.8, 4) is 11.1 Å². The van der Waals surface area contributed by atoms with E-state index in [2.05, 4.69) is 20.5 Å². The summed E-state index contributed by atoms with van der Waals surface area (Å²) in [7, 11) is 0. The van der Waals surface area contributed by atoms with Gasteiger partial charge in [0.05, 0.1) is 18.9 Å². The first-order valence-corrected chi connectivity index (χ1v) is 12.0. The van der Waals surface area contributed by atoms with E-state index in [4.69, 9.17) is 11.6 Å². The number of pyridine rings is 1. The van der Waals surface area contributed by atoms with Crippen LogP contribution in [-0.2, 0) is 16.1 Å². The summed E-state index contributed by atoms with van der Waals surface area (Å²) in [5.41, 5.74) is 2.81. The molecule has 1 saturated heterocycles. The molecule has 0 spiro atoms. The number of Topliss-reactive ketones (excluding diaryl/α,β-unsaturated/α-hetero) is 1. The summed E-state index contributed by atoms with van der Waals surface area (Å²) >= 11 is 5.88. The van der Waals surface area contributed by atoms with Gasteiger partial charge in [0.2, 0.25) is 11.8 Å². The normalized spacial score (nSPS) is 17.2. The van der Waals surface area contributed by atoms with Crippen molar-refractivity contribution < 1.29 is 18.8 Å². The van der Waals surface area contributed by atoms with Crippen LogP contribution in [-0.4, -0.2) is 61.0 Å². The van der Waals surface area contributed by atoms with Gasteiger partial charge in [-0.3, -0.25) is 14.4 Å². The Labute approximate surface area is 216 Å². The molecule has 0 radical (unpaired) electrons. The number of hydrogen-bond acceptors (Lipinski definition) is 6. The lowest BCUT2D eigenvalue weighted by Gasteiger charge is -2.24. The molecule has 1 aliphatic rings. The topological polar surface area (TPSA) is 110 Å². The zero-order valence-corrected chi connectivity index (χ0v) is 20.5. The minimum atomic E-state index is -1.34. The highest BCUT2D eigenvalue weighted by molar-refractivity contribution is 6.29. The first-order valence-electron chi connectivity index (χ1n) is 11.6. The number of alkyl halides is 1. The molecular weight excluding hydrogens is 499 g/mol. The summed E-state index contributed by atoms with van der Waals surface area (Å²) in [5.74, 6) is -0.915. The molecule has 1 aromatic carbocycles. The molecule has 3 aromatic heterocycles. The zero-order valence-electron chi connectivity index (χ0n) is 19.8. The number of nitrogens with one attached hydrogen (secondary N) is 1. The monoisotopic (exact) mass is 520 g/mol. The fourth-order valence-corrected chi connectivity index (χ4v) is 4.75. The van der Waals surface area contributed by atoms with Crippen molar-refractivity contribution in [3.63, 3.8) is 0 Å². The van der Waals surface area contributed by atoms with Crippen LogP contribution in [0.5, 0.6) is 0 Å². The Morgan fingerprint density at radius 1 is 1.14 bits per heavy atom. The molecular formula is C26H22ClFN6O3. The molecule has 37 heavy (non-hydrogen) atoms. The van der Waals surface area contributed by atoms with Crippen LogP contribution in [0, 0.1) is 0 Å². The van der Waals surface area contributed by atoms with Crippen molar-refractivity contribution in [1.82, 2.24) is 24.6 Å². The van der Waals surface area contributed by atoms with Gasteiger partial charge in [0, 0.05) is 34.6 Å². The number of nitrogens with zero attached hydrogens (tertiary/aromatic N) is 5. The van der Waals surface area contributed by atoms with Crippen LogP contribution in [0.15, 0.2) is 61.1 Å². The van der Waals surface area contributed by atoms with Crippen molar-refractivity contribution in [2.75, 3.05) is 11.9 Å². The summed E-state index contributed by atoms with van der Waals surface area (Å²) in [6.45, 7) is 1.10. The van der Waals surface area contributed by atoms with E-state index in [0.717, 1.165) is 11.1 Å². The first kappa shape index (κ1) is 24.5. The minimum absolute atomic E-state index is 0.118. The first-order chi connectivity index (χ1) is 17.8. The van der Waals surface area contributed by atoms with Gasteiger partial charge < -0.3 is 14.8 Å². The van der Waals surface area contributed by atoms with Crippen molar-refractivity contribution in [2.24, 2.45) is 0 Å². The van der Waals surface area contributed by atoms with Gasteiger partial charge in [-0.05, 0) is 42.8 Å². The SMILES string of the molecule is CC(=O)c1cn(CC(=O)N2C[C@H](F)C[C@H]2C(=O)Nc2cccc(Cl)n2)c2ccc(-c3ccnnc3)cc12. The fraction of sp³-hybridized carbons (Fsp3) is 0.231. The van der Waals surface area contributed by atoms with E-state index >= 15 is 0 Å². The number of likely N-dealkylation sites (tertiary alicyclic amines) is 1. The predicted molar refractivity (Wildman–Crippen MR) is 136 cm³/mol. The standard InChI is InChI=1S/C26H22ClFN6O3/c1-15(35)20-13-33(21-6-5-16(9-19(20)21)17-7-8-29-30-11-17)14-25(36)34-12-18(28)10-22(34)26(37)32-24-4-2-3-23(27)31-24/h2-9,11,13,18,22H,10,12,14H2,1H3,(H,31,32,37)/t18-,22+/m1/s1. The average Bonchev–Trinajstić information content (AvgIpc) is 3.45. The number of anilines is 1. The molecule has 1 N–H and O–H groups in total. The second-order valence-corrected chi connectivity index (χ2v) is 9.21. The van der Waals surface area contributed by atoms with Crippen LogP contribution in [0.2, 0.25) is 5.15 Å². The fourth-order valence-electron chi connectivity index (χ4n) is 4.58. The number of fused-ring (bicyclic) bond motifs is 1. The second kappa shape index (κ2) is 10.1. The molecule has 11 heteroatoms. The second-order valence-electron chi connectivity index (χ2n) is 8.82. The maximum absolute atomic E-state index is 14.4. The van der Waals surface area contributed by atoms with Crippen molar-refractivity contribution in [3.05, 3.63) is 71.8 Å². The summed E-state index contributed by atoms with van der Waals surface area (Å²) in [6, 6.07) is 11.1. The molecule has 4 heterocycles. The lowest BCUT2D eigenvalue weighted by molar-refractivity contribution is -0.137. The Bertz CT molecular complexity index is 1510. The lowest BCUT2D eigenvalue weighted by atomic mass is 10.0. The van der Waals surface area contributed by atoms with E-state index in [9.17, 15) is 18.8 Å². The number of ketones is 1. The third-order valence-corrected chi connectivity index (χ3v) is 6.53. The Kier molecular flexibility index (Phi) is 6.66. The number of hydrogen-bond donors (Lipinski definition) is 1. The Morgan fingerprint density at radius 3 is 2.70 bits per heavy atom. The smallest absolute Gasteiger partial charge is 0.248 e. The quantitative estimate of drug-likeness (QED) is 0.305. The molecule has 2 amide bonds. The highest BCUT2D eigenvalue weighted by Gasteiger charge is 2.40. The van der Waals surface area contributed by atoms with E-state index < -0.39 is 24.0 Å². The van der Waals surface area contributed by atoms with E-state index in [-0.39, 0.29) is 36.3 Å². The molecule has 1 aliphatic heterocycles. The third kappa shape index (κ3) is 5.05. The molecule has 0 bridgehead atoms. The van der Waals surface area contributed by atoms with Gasteiger partial charge in [-0.15, -0.1) is 0 Å². The van der Waals surface area contributed by atoms with Crippen molar-refractivity contribution in [2.45, 2.75) is 32.1 Å². The predicted octanol–water partition coefficient (Wildman–Crippen LogP) is 3.93. The Balaban J connectivity index is 1.41. The third-order valence-electron chi connectivity index (χ3n) is 6.32. The van der Waals surface area contributed by atoms with Gasteiger partial charge >= 0.3 is 0 Å². The van der Waals surface area contributed by atoms with E-state index in [0.29, 0.717) is 16.5 Å². The van der Waals surface area contributed by atoms with Crippen LogP contribution in [0.4, 0.5) is 10.2 Å². The summed E-state index contributed by atoms with van der Waals surface area (Å²) in [4.78, 5) is 43.9. The van der Waals surface area contributed by atoms with Crippen molar-refractivity contribution in [1.29, 1.82) is 0 Å². The molecule has 0 aliphatic carbocycles. The van der Waals surface area contributed by atoms with Crippen LogP contribution in [0.3, 0.4) is 0 Å². The van der Waals surface area contributed by atoms with Gasteiger partial charge in [0.15, 0.2) is 5.78 Å². The number of benzene rings is 1. The number of aromatic nitrogens is 4. The van der Waals surface area contributed by atoms with Crippen molar-refractivity contribution >= 4 is 45.9 Å². The average molecular weight is 521 g/mol. The maximum atomic E-state index is 14.4. The minimum Gasteiger partial charge on any atom is -0.337 e. The van der Waals surface area contributed by atoms with Gasteiger partial charge in [-0.1, -0.05) is 23.7 Å². The van der Waals surface area contributed by atoms with Gasteiger partial charge in [0.25, 0.3) is 0 Å².